The first-order valence-corrected chi connectivity index (χ1v) is 4.62. The van der Waals surface area contributed by atoms with E-state index in [1.54, 1.807) is 6.08 Å². The molecule has 1 amide bonds. The van der Waals surface area contributed by atoms with Gasteiger partial charge in [-0.15, -0.1) is 0 Å². The van der Waals surface area contributed by atoms with Gasteiger partial charge in [0.25, 0.3) is 0 Å². The Morgan fingerprint density at radius 3 is 3.00 bits per heavy atom. The summed E-state index contributed by atoms with van der Waals surface area (Å²) in [5.74, 6) is -0.900. The van der Waals surface area contributed by atoms with Crippen LogP contribution in [0.4, 0.5) is 0 Å². The Morgan fingerprint density at radius 1 is 1.47 bits per heavy atom. The highest BCUT2D eigenvalue weighted by atomic mass is 16.5. The van der Waals surface area contributed by atoms with Crippen LogP contribution in [0.3, 0.4) is 0 Å². The first kappa shape index (κ1) is 11.2. The third kappa shape index (κ3) is 4.26. The Labute approximate surface area is 88.3 Å². The van der Waals surface area contributed by atoms with Crippen LogP contribution in [0.25, 0.3) is 0 Å². The maximum absolute atomic E-state index is 11.3. The Balaban J connectivity index is 2.44. The van der Waals surface area contributed by atoms with E-state index in [1.807, 2.05) is 24.3 Å². The average molecular weight is 207 g/mol. The minimum Gasteiger partial charge on any atom is -0.469 e. The Bertz CT molecular complexity index is 340. The molecule has 1 aliphatic rings. The van der Waals surface area contributed by atoms with Crippen LogP contribution >= 0.6 is 0 Å². The predicted molar refractivity (Wildman–Crippen MR) is 55.8 cm³/mol. The van der Waals surface area contributed by atoms with Crippen LogP contribution in [0.15, 0.2) is 36.1 Å². The second-order valence-corrected chi connectivity index (χ2v) is 2.98. The summed E-state index contributed by atoms with van der Waals surface area (Å²) in [5.41, 5.74) is 0.703. The number of amides is 1. The molecule has 0 saturated heterocycles. The van der Waals surface area contributed by atoms with Crippen molar-refractivity contribution in [3.8, 4) is 0 Å². The number of methoxy groups -OCH3 is 1. The monoisotopic (exact) mass is 207 g/mol. The fourth-order valence-electron chi connectivity index (χ4n) is 1.08. The number of rotatable bonds is 3. The quantitative estimate of drug-likeness (QED) is 0.556. The van der Waals surface area contributed by atoms with Gasteiger partial charge in [0, 0.05) is 5.70 Å². The molecular formula is C11H13NO3. The van der Waals surface area contributed by atoms with Gasteiger partial charge in [0.1, 0.15) is 6.42 Å². The molecule has 4 nitrogen and oxygen atoms in total. The Kier molecular flexibility index (Phi) is 4.34. The van der Waals surface area contributed by atoms with Crippen molar-refractivity contribution in [2.24, 2.45) is 0 Å². The summed E-state index contributed by atoms with van der Waals surface area (Å²) in [7, 11) is 1.25. The van der Waals surface area contributed by atoms with E-state index in [4.69, 9.17) is 0 Å². The molecule has 0 aromatic rings. The fraction of sp³-hybridized carbons (Fsp3) is 0.273. The standard InChI is InChI=1S/C11H13NO3/c1-15-11(14)8-10(13)12-9-6-4-2-3-5-7-9/h2-4,6-7H,5,8H2,1H3,(H,12,13). The van der Waals surface area contributed by atoms with Gasteiger partial charge in [0.2, 0.25) is 5.91 Å². The predicted octanol–water partition coefficient (Wildman–Crippen LogP) is 1.07. The van der Waals surface area contributed by atoms with Crippen molar-refractivity contribution >= 4 is 11.9 Å². The second-order valence-electron chi connectivity index (χ2n) is 2.98. The zero-order chi connectivity index (χ0) is 11.1. The lowest BCUT2D eigenvalue weighted by Gasteiger charge is -2.04. The van der Waals surface area contributed by atoms with Gasteiger partial charge in [0.05, 0.1) is 7.11 Å². The van der Waals surface area contributed by atoms with E-state index in [9.17, 15) is 9.59 Å². The highest BCUT2D eigenvalue weighted by molar-refractivity contribution is 5.95. The molecule has 0 spiro atoms. The van der Waals surface area contributed by atoms with E-state index in [1.165, 1.54) is 7.11 Å². The third-order valence-electron chi connectivity index (χ3n) is 1.81. The molecule has 0 fully saturated rings. The first-order chi connectivity index (χ1) is 7.22. The van der Waals surface area contributed by atoms with Crippen molar-refractivity contribution in [2.75, 3.05) is 7.11 Å². The molecule has 1 rings (SSSR count). The van der Waals surface area contributed by atoms with Crippen molar-refractivity contribution in [3.63, 3.8) is 0 Å². The summed E-state index contributed by atoms with van der Waals surface area (Å²) < 4.78 is 4.39. The number of hydrogen-bond acceptors (Lipinski definition) is 3. The fourth-order valence-corrected chi connectivity index (χ4v) is 1.08. The topological polar surface area (TPSA) is 55.4 Å². The smallest absolute Gasteiger partial charge is 0.315 e. The zero-order valence-electron chi connectivity index (χ0n) is 8.53. The summed E-state index contributed by atoms with van der Waals surface area (Å²) in [6.07, 6.45) is 9.85. The minimum atomic E-state index is -0.538. The van der Waals surface area contributed by atoms with E-state index < -0.39 is 5.97 Å². The van der Waals surface area contributed by atoms with Gasteiger partial charge in [-0.2, -0.15) is 0 Å². The van der Waals surface area contributed by atoms with E-state index in [2.05, 4.69) is 10.1 Å². The van der Waals surface area contributed by atoms with Crippen molar-refractivity contribution in [3.05, 3.63) is 36.1 Å². The van der Waals surface area contributed by atoms with E-state index in [0.29, 0.717) is 5.70 Å². The SMILES string of the molecule is COC(=O)CC(=O)NC1=CCC=CC=C1. The molecule has 0 atom stereocenters. The van der Waals surface area contributed by atoms with Gasteiger partial charge >= 0.3 is 5.97 Å². The van der Waals surface area contributed by atoms with Crippen molar-refractivity contribution < 1.29 is 14.3 Å². The summed E-state index contributed by atoms with van der Waals surface area (Å²) in [4.78, 5) is 22.1. The maximum Gasteiger partial charge on any atom is 0.315 e. The lowest BCUT2D eigenvalue weighted by Crippen LogP contribution is -2.24. The number of esters is 1. The molecule has 0 aromatic heterocycles. The number of carbonyl (C=O) groups excluding carboxylic acids is 2. The van der Waals surface area contributed by atoms with Gasteiger partial charge in [0.15, 0.2) is 0 Å². The Hall–Kier alpha value is -1.84. The molecular weight excluding hydrogens is 194 g/mol. The normalized spacial score (nSPS) is 14.1. The molecule has 0 radical (unpaired) electrons. The van der Waals surface area contributed by atoms with Crippen LogP contribution in [-0.4, -0.2) is 19.0 Å². The summed E-state index contributed by atoms with van der Waals surface area (Å²) in [6.45, 7) is 0. The molecule has 80 valence electrons. The molecule has 0 unspecified atom stereocenters. The van der Waals surface area contributed by atoms with Crippen LogP contribution in [-0.2, 0) is 14.3 Å². The van der Waals surface area contributed by atoms with E-state index in [-0.39, 0.29) is 12.3 Å². The largest absolute Gasteiger partial charge is 0.469 e. The van der Waals surface area contributed by atoms with Gasteiger partial charge in [-0.1, -0.05) is 24.3 Å². The van der Waals surface area contributed by atoms with Crippen LogP contribution in [0.2, 0.25) is 0 Å². The van der Waals surface area contributed by atoms with E-state index in [0.717, 1.165) is 6.42 Å². The van der Waals surface area contributed by atoms with Gasteiger partial charge < -0.3 is 10.1 Å². The lowest BCUT2D eigenvalue weighted by molar-refractivity contribution is -0.143. The zero-order valence-corrected chi connectivity index (χ0v) is 8.53. The van der Waals surface area contributed by atoms with Crippen molar-refractivity contribution in [2.45, 2.75) is 12.8 Å². The lowest BCUT2D eigenvalue weighted by atomic mass is 10.3. The molecule has 0 saturated carbocycles. The van der Waals surface area contributed by atoms with E-state index >= 15 is 0 Å². The second kappa shape index (κ2) is 5.80. The Morgan fingerprint density at radius 2 is 2.27 bits per heavy atom. The van der Waals surface area contributed by atoms with Crippen molar-refractivity contribution in [1.82, 2.24) is 5.32 Å². The van der Waals surface area contributed by atoms with Gasteiger partial charge in [-0.05, 0) is 12.5 Å². The summed E-state index contributed by atoms with van der Waals surface area (Å²) in [6, 6.07) is 0. The van der Waals surface area contributed by atoms with Crippen molar-refractivity contribution in [1.29, 1.82) is 0 Å². The molecule has 0 heterocycles. The minimum absolute atomic E-state index is 0.255. The maximum atomic E-state index is 11.3. The molecule has 4 heteroatoms. The number of nitrogens with one attached hydrogen (secondary N) is 1. The summed E-state index contributed by atoms with van der Waals surface area (Å²) in [5, 5.41) is 2.62. The highest BCUT2D eigenvalue weighted by Crippen LogP contribution is 2.02. The molecule has 0 aliphatic heterocycles. The van der Waals surface area contributed by atoms with Crippen LogP contribution in [0, 0.1) is 0 Å². The molecule has 15 heavy (non-hydrogen) atoms. The number of carbonyl (C=O) groups is 2. The first-order valence-electron chi connectivity index (χ1n) is 4.62. The van der Waals surface area contributed by atoms with Crippen LogP contribution in [0.1, 0.15) is 12.8 Å². The molecule has 1 N–H and O–H groups in total. The number of ether oxygens (including phenoxy) is 1. The summed E-state index contributed by atoms with van der Waals surface area (Å²) >= 11 is 0. The molecule has 1 aliphatic carbocycles. The number of hydrogen-bond donors (Lipinski definition) is 1. The third-order valence-corrected chi connectivity index (χ3v) is 1.81. The van der Waals surface area contributed by atoms with Crippen LogP contribution in [0.5, 0.6) is 0 Å². The average Bonchev–Trinajstić information content (AvgIpc) is 2.46. The highest BCUT2D eigenvalue weighted by Gasteiger charge is 2.09. The van der Waals surface area contributed by atoms with Crippen LogP contribution < -0.4 is 5.32 Å². The van der Waals surface area contributed by atoms with Gasteiger partial charge in [-0.25, -0.2) is 0 Å². The van der Waals surface area contributed by atoms with Gasteiger partial charge in [-0.3, -0.25) is 9.59 Å². The molecule has 0 bridgehead atoms. The molecule has 0 aromatic carbocycles. The number of allylic oxidation sites excluding steroid dienone is 5.